The van der Waals surface area contributed by atoms with Crippen molar-refractivity contribution < 1.29 is 4.74 Å². The van der Waals surface area contributed by atoms with E-state index in [2.05, 4.69) is 48.0 Å². The SMILES string of the molecule is CCCNc1cc(N(C)C(CC)CC)nc(COC)n1. The molecule has 0 aromatic carbocycles. The molecule has 0 spiro atoms. The minimum absolute atomic E-state index is 0.436. The first-order valence-electron chi connectivity index (χ1n) is 7.49. The highest BCUT2D eigenvalue weighted by atomic mass is 16.5. The molecule has 5 nitrogen and oxygen atoms in total. The van der Waals surface area contributed by atoms with Gasteiger partial charge >= 0.3 is 0 Å². The van der Waals surface area contributed by atoms with E-state index in [1.54, 1.807) is 7.11 Å². The highest BCUT2D eigenvalue weighted by molar-refractivity contribution is 5.49. The number of aromatic nitrogens is 2. The predicted molar refractivity (Wildman–Crippen MR) is 84.3 cm³/mol. The van der Waals surface area contributed by atoms with E-state index in [0.29, 0.717) is 12.6 Å². The van der Waals surface area contributed by atoms with Crippen molar-refractivity contribution in [1.29, 1.82) is 0 Å². The maximum Gasteiger partial charge on any atom is 0.158 e. The van der Waals surface area contributed by atoms with Gasteiger partial charge in [0.25, 0.3) is 0 Å². The summed E-state index contributed by atoms with van der Waals surface area (Å²) in [6.45, 7) is 7.90. The van der Waals surface area contributed by atoms with E-state index < -0.39 is 0 Å². The van der Waals surface area contributed by atoms with Gasteiger partial charge in [-0.1, -0.05) is 20.8 Å². The van der Waals surface area contributed by atoms with Crippen molar-refractivity contribution in [3.8, 4) is 0 Å². The third-order valence-electron chi connectivity index (χ3n) is 3.44. The summed E-state index contributed by atoms with van der Waals surface area (Å²) >= 11 is 0. The average Bonchev–Trinajstić information content (AvgIpc) is 2.46. The van der Waals surface area contributed by atoms with Crippen molar-refractivity contribution in [2.24, 2.45) is 0 Å². The maximum atomic E-state index is 5.16. The van der Waals surface area contributed by atoms with E-state index in [9.17, 15) is 0 Å². The molecule has 114 valence electrons. The van der Waals surface area contributed by atoms with Gasteiger partial charge < -0.3 is 15.0 Å². The van der Waals surface area contributed by atoms with Crippen LogP contribution in [0.15, 0.2) is 6.07 Å². The first-order valence-corrected chi connectivity index (χ1v) is 7.49. The van der Waals surface area contributed by atoms with Crippen LogP contribution < -0.4 is 10.2 Å². The van der Waals surface area contributed by atoms with E-state index in [1.807, 2.05) is 6.07 Å². The number of anilines is 2. The van der Waals surface area contributed by atoms with Crippen LogP contribution in [0.3, 0.4) is 0 Å². The molecule has 1 aromatic rings. The van der Waals surface area contributed by atoms with Crippen molar-refractivity contribution in [3.63, 3.8) is 0 Å². The Kier molecular flexibility index (Phi) is 7.30. The summed E-state index contributed by atoms with van der Waals surface area (Å²) in [4.78, 5) is 11.3. The van der Waals surface area contributed by atoms with Gasteiger partial charge in [-0.3, -0.25) is 0 Å². The molecule has 0 saturated heterocycles. The monoisotopic (exact) mass is 280 g/mol. The summed E-state index contributed by atoms with van der Waals surface area (Å²) in [7, 11) is 3.76. The molecule has 1 aromatic heterocycles. The molecular weight excluding hydrogens is 252 g/mol. The summed E-state index contributed by atoms with van der Waals surface area (Å²) in [5.41, 5.74) is 0. The normalized spacial score (nSPS) is 10.9. The van der Waals surface area contributed by atoms with Crippen molar-refractivity contribution in [1.82, 2.24) is 9.97 Å². The maximum absolute atomic E-state index is 5.16. The van der Waals surface area contributed by atoms with E-state index in [0.717, 1.165) is 43.3 Å². The highest BCUT2D eigenvalue weighted by Crippen LogP contribution is 2.20. The van der Waals surface area contributed by atoms with Crippen LogP contribution in [0, 0.1) is 0 Å². The molecule has 0 bridgehead atoms. The zero-order valence-corrected chi connectivity index (χ0v) is 13.4. The molecule has 0 aliphatic rings. The van der Waals surface area contributed by atoms with Crippen LogP contribution in [0.1, 0.15) is 45.9 Å². The number of ether oxygens (including phenoxy) is 1. The van der Waals surface area contributed by atoms with Gasteiger partial charge in [-0.15, -0.1) is 0 Å². The van der Waals surface area contributed by atoms with Crippen molar-refractivity contribution in [2.75, 3.05) is 30.9 Å². The van der Waals surface area contributed by atoms with E-state index in [1.165, 1.54) is 0 Å². The molecule has 1 N–H and O–H groups in total. The summed E-state index contributed by atoms with van der Waals surface area (Å²) in [5.74, 6) is 2.56. The van der Waals surface area contributed by atoms with Gasteiger partial charge in [0, 0.05) is 32.8 Å². The predicted octanol–water partition coefficient (Wildman–Crippen LogP) is 3.07. The summed E-state index contributed by atoms with van der Waals surface area (Å²) < 4.78 is 5.16. The Bertz CT molecular complexity index is 393. The largest absolute Gasteiger partial charge is 0.377 e. The summed E-state index contributed by atoms with van der Waals surface area (Å²) in [5, 5.41) is 3.33. The van der Waals surface area contributed by atoms with Crippen LogP contribution >= 0.6 is 0 Å². The number of rotatable bonds is 9. The highest BCUT2D eigenvalue weighted by Gasteiger charge is 2.14. The zero-order valence-electron chi connectivity index (χ0n) is 13.4. The molecule has 1 heterocycles. The second-order valence-corrected chi connectivity index (χ2v) is 4.97. The van der Waals surface area contributed by atoms with E-state index in [4.69, 9.17) is 4.74 Å². The first kappa shape index (κ1) is 16.7. The van der Waals surface area contributed by atoms with Gasteiger partial charge in [-0.05, 0) is 19.3 Å². The third-order valence-corrected chi connectivity index (χ3v) is 3.44. The van der Waals surface area contributed by atoms with Crippen LogP contribution in [0.5, 0.6) is 0 Å². The molecular formula is C15H28N4O. The third kappa shape index (κ3) is 4.63. The van der Waals surface area contributed by atoms with E-state index >= 15 is 0 Å². The fourth-order valence-corrected chi connectivity index (χ4v) is 2.22. The minimum Gasteiger partial charge on any atom is -0.377 e. The molecule has 0 aliphatic carbocycles. The van der Waals surface area contributed by atoms with Gasteiger partial charge in [0.1, 0.15) is 18.2 Å². The van der Waals surface area contributed by atoms with Crippen LogP contribution in [0.4, 0.5) is 11.6 Å². The molecule has 0 radical (unpaired) electrons. The van der Waals surface area contributed by atoms with Crippen molar-refractivity contribution >= 4 is 11.6 Å². The zero-order chi connectivity index (χ0) is 15.0. The van der Waals surface area contributed by atoms with Crippen LogP contribution in [-0.4, -0.2) is 36.7 Å². The fraction of sp³-hybridized carbons (Fsp3) is 0.733. The number of methoxy groups -OCH3 is 1. The molecule has 5 heteroatoms. The number of hydrogen-bond acceptors (Lipinski definition) is 5. The Morgan fingerprint density at radius 3 is 2.50 bits per heavy atom. The summed E-state index contributed by atoms with van der Waals surface area (Å²) in [6, 6.07) is 2.52. The van der Waals surface area contributed by atoms with Crippen LogP contribution in [0.2, 0.25) is 0 Å². The lowest BCUT2D eigenvalue weighted by Gasteiger charge is -2.28. The van der Waals surface area contributed by atoms with Gasteiger partial charge in [0.05, 0.1) is 0 Å². The molecule has 0 amide bonds. The number of hydrogen-bond donors (Lipinski definition) is 1. The van der Waals surface area contributed by atoms with Gasteiger partial charge in [-0.2, -0.15) is 0 Å². The Morgan fingerprint density at radius 1 is 1.25 bits per heavy atom. The van der Waals surface area contributed by atoms with Crippen LogP contribution in [-0.2, 0) is 11.3 Å². The second kappa shape index (κ2) is 8.74. The Hall–Kier alpha value is -1.36. The molecule has 0 fully saturated rings. The Morgan fingerprint density at radius 2 is 1.95 bits per heavy atom. The fourth-order valence-electron chi connectivity index (χ4n) is 2.22. The molecule has 0 atom stereocenters. The number of nitrogens with zero attached hydrogens (tertiary/aromatic N) is 3. The average molecular weight is 280 g/mol. The molecule has 0 unspecified atom stereocenters. The quantitative estimate of drug-likeness (QED) is 0.753. The second-order valence-electron chi connectivity index (χ2n) is 4.97. The van der Waals surface area contributed by atoms with Crippen molar-refractivity contribution in [2.45, 2.75) is 52.7 Å². The smallest absolute Gasteiger partial charge is 0.158 e. The van der Waals surface area contributed by atoms with E-state index in [-0.39, 0.29) is 0 Å². The number of nitrogens with one attached hydrogen (secondary N) is 1. The first-order chi connectivity index (χ1) is 9.65. The Labute approximate surface area is 122 Å². The minimum atomic E-state index is 0.436. The lowest BCUT2D eigenvalue weighted by molar-refractivity contribution is 0.178. The van der Waals surface area contributed by atoms with Crippen LogP contribution in [0.25, 0.3) is 0 Å². The lowest BCUT2D eigenvalue weighted by atomic mass is 10.1. The van der Waals surface area contributed by atoms with Gasteiger partial charge in [0.15, 0.2) is 5.82 Å². The molecule has 0 saturated carbocycles. The molecule has 20 heavy (non-hydrogen) atoms. The molecule has 0 aliphatic heterocycles. The van der Waals surface area contributed by atoms with Gasteiger partial charge in [-0.25, -0.2) is 9.97 Å². The standard InChI is InChI=1S/C15H28N4O/c1-6-9-16-13-10-15(18-14(17-13)11-20-5)19(4)12(7-2)8-3/h10,12H,6-9,11H2,1-5H3,(H,16,17,18). The Balaban J connectivity index is 3.00. The summed E-state index contributed by atoms with van der Waals surface area (Å²) in [6.07, 6.45) is 3.28. The topological polar surface area (TPSA) is 50.3 Å². The lowest BCUT2D eigenvalue weighted by Crippen LogP contribution is -2.31. The van der Waals surface area contributed by atoms with Gasteiger partial charge in [0.2, 0.25) is 0 Å². The molecule has 1 rings (SSSR count). The van der Waals surface area contributed by atoms with Crippen molar-refractivity contribution in [3.05, 3.63) is 11.9 Å².